The minimum Gasteiger partial charge on any atom is -0.496 e. The van der Waals surface area contributed by atoms with Crippen LogP contribution in [0, 0.1) is 5.82 Å². The van der Waals surface area contributed by atoms with Crippen LogP contribution in [0.2, 0.25) is 0 Å². The molecule has 0 radical (unpaired) electrons. The van der Waals surface area contributed by atoms with Crippen LogP contribution in [0.3, 0.4) is 0 Å². The summed E-state index contributed by atoms with van der Waals surface area (Å²) in [5.41, 5.74) is 2.05. The summed E-state index contributed by atoms with van der Waals surface area (Å²) >= 11 is 6.97. The number of benzene rings is 2. The highest BCUT2D eigenvalue weighted by Gasteiger charge is 2.32. The quantitative estimate of drug-likeness (QED) is 0.640. The SMILES string of the molecule is COc1cc(F)c(Br)cc1C(Br)C1COc2ccccc21. The largest absolute Gasteiger partial charge is 0.496 e. The number of fused-ring (bicyclic) bond motifs is 1. The van der Waals surface area contributed by atoms with E-state index < -0.39 is 0 Å². The van der Waals surface area contributed by atoms with Crippen molar-refractivity contribution in [2.75, 3.05) is 13.7 Å². The van der Waals surface area contributed by atoms with E-state index in [0.29, 0.717) is 16.8 Å². The first kappa shape index (κ1) is 14.9. The van der Waals surface area contributed by atoms with Gasteiger partial charge in [0.25, 0.3) is 0 Å². The summed E-state index contributed by atoms with van der Waals surface area (Å²) in [6.07, 6.45) is 0. The molecule has 0 N–H and O–H groups in total. The van der Waals surface area contributed by atoms with E-state index in [9.17, 15) is 4.39 Å². The lowest BCUT2D eigenvalue weighted by Crippen LogP contribution is -2.09. The van der Waals surface area contributed by atoms with Crippen molar-refractivity contribution in [3.63, 3.8) is 0 Å². The highest BCUT2D eigenvalue weighted by Crippen LogP contribution is 2.48. The van der Waals surface area contributed by atoms with E-state index in [0.717, 1.165) is 16.9 Å². The van der Waals surface area contributed by atoms with Gasteiger partial charge in [0.1, 0.15) is 17.3 Å². The van der Waals surface area contributed by atoms with Gasteiger partial charge in [-0.1, -0.05) is 34.1 Å². The van der Waals surface area contributed by atoms with E-state index in [1.54, 1.807) is 13.2 Å². The summed E-state index contributed by atoms with van der Waals surface area (Å²) in [5, 5.41) is 0. The maximum Gasteiger partial charge on any atom is 0.141 e. The van der Waals surface area contributed by atoms with E-state index in [-0.39, 0.29) is 16.6 Å². The van der Waals surface area contributed by atoms with Crippen LogP contribution >= 0.6 is 31.9 Å². The van der Waals surface area contributed by atoms with Crippen LogP contribution in [0.15, 0.2) is 40.9 Å². The fourth-order valence-corrected chi connectivity index (χ4v) is 3.74. The molecule has 1 aliphatic rings. The maximum absolute atomic E-state index is 13.7. The molecule has 2 aromatic carbocycles. The molecule has 3 rings (SSSR count). The second-order valence-corrected chi connectivity index (χ2v) is 6.71. The van der Waals surface area contributed by atoms with Crippen molar-refractivity contribution in [1.82, 2.24) is 0 Å². The van der Waals surface area contributed by atoms with Gasteiger partial charge >= 0.3 is 0 Å². The highest BCUT2D eigenvalue weighted by atomic mass is 79.9. The number of hydrogen-bond donors (Lipinski definition) is 0. The molecule has 21 heavy (non-hydrogen) atoms. The summed E-state index contributed by atoms with van der Waals surface area (Å²) in [6.45, 7) is 0.591. The number of rotatable bonds is 3. The molecule has 110 valence electrons. The zero-order chi connectivity index (χ0) is 15.0. The fourth-order valence-electron chi connectivity index (χ4n) is 2.58. The van der Waals surface area contributed by atoms with Gasteiger partial charge in [-0.05, 0) is 28.1 Å². The molecule has 2 unspecified atom stereocenters. The lowest BCUT2D eigenvalue weighted by molar-refractivity contribution is 0.327. The van der Waals surface area contributed by atoms with Crippen LogP contribution in [0.5, 0.6) is 11.5 Å². The Bertz CT molecular complexity index is 675. The van der Waals surface area contributed by atoms with Crippen LogP contribution in [-0.4, -0.2) is 13.7 Å². The van der Waals surface area contributed by atoms with Crippen molar-refractivity contribution in [3.05, 3.63) is 57.8 Å². The van der Waals surface area contributed by atoms with E-state index in [4.69, 9.17) is 9.47 Å². The van der Waals surface area contributed by atoms with Gasteiger partial charge in [-0.25, -0.2) is 4.39 Å². The van der Waals surface area contributed by atoms with Crippen LogP contribution in [0.1, 0.15) is 21.9 Å². The van der Waals surface area contributed by atoms with Gasteiger partial charge in [-0.15, -0.1) is 0 Å². The molecule has 2 atom stereocenters. The van der Waals surface area contributed by atoms with Crippen LogP contribution < -0.4 is 9.47 Å². The molecule has 0 saturated carbocycles. The molecule has 1 aliphatic heterocycles. The lowest BCUT2D eigenvalue weighted by Gasteiger charge is -2.20. The Morgan fingerprint density at radius 3 is 2.86 bits per heavy atom. The van der Waals surface area contributed by atoms with Crippen molar-refractivity contribution in [2.45, 2.75) is 10.7 Å². The minimum atomic E-state index is -0.335. The van der Waals surface area contributed by atoms with Gasteiger partial charge in [0.05, 0.1) is 23.0 Å². The third kappa shape index (κ3) is 2.69. The van der Waals surface area contributed by atoms with Crippen molar-refractivity contribution < 1.29 is 13.9 Å². The van der Waals surface area contributed by atoms with Crippen molar-refractivity contribution in [3.8, 4) is 11.5 Å². The predicted molar refractivity (Wildman–Crippen MR) is 87.0 cm³/mol. The summed E-state index contributed by atoms with van der Waals surface area (Å²) < 4.78 is 25.1. The Morgan fingerprint density at radius 1 is 1.33 bits per heavy atom. The smallest absolute Gasteiger partial charge is 0.141 e. The highest BCUT2D eigenvalue weighted by molar-refractivity contribution is 9.10. The second-order valence-electron chi connectivity index (χ2n) is 4.87. The first-order valence-electron chi connectivity index (χ1n) is 6.50. The van der Waals surface area contributed by atoms with E-state index in [1.807, 2.05) is 18.2 Å². The second kappa shape index (κ2) is 5.97. The first-order valence-corrected chi connectivity index (χ1v) is 8.21. The normalized spacial score (nSPS) is 18.0. The van der Waals surface area contributed by atoms with Gasteiger partial charge in [-0.3, -0.25) is 0 Å². The summed E-state index contributed by atoms with van der Waals surface area (Å²) in [4.78, 5) is -0.0204. The Balaban J connectivity index is 2.00. The summed E-state index contributed by atoms with van der Waals surface area (Å²) in [5.74, 6) is 1.26. The number of ether oxygens (including phenoxy) is 2. The molecule has 1 heterocycles. The number of halogens is 3. The molecule has 0 aliphatic carbocycles. The fraction of sp³-hybridized carbons (Fsp3) is 0.250. The van der Waals surface area contributed by atoms with Gasteiger partial charge in [0.15, 0.2) is 0 Å². The molecule has 0 fully saturated rings. The molecule has 0 spiro atoms. The van der Waals surface area contributed by atoms with Gasteiger partial charge in [-0.2, -0.15) is 0 Å². The average molecular weight is 416 g/mol. The summed E-state index contributed by atoms with van der Waals surface area (Å²) in [7, 11) is 1.55. The maximum atomic E-state index is 13.7. The lowest BCUT2D eigenvalue weighted by atomic mass is 9.93. The standard InChI is InChI=1S/C16H13Br2FO2/c1-20-15-7-13(19)12(17)6-10(15)16(18)11-8-21-14-5-3-2-4-9(11)14/h2-7,11,16H,8H2,1H3. The third-order valence-corrected chi connectivity index (χ3v) is 5.40. The molecule has 5 heteroatoms. The van der Waals surface area contributed by atoms with Crippen LogP contribution in [0.25, 0.3) is 0 Å². The van der Waals surface area contributed by atoms with E-state index in [1.165, 1.54) is 6.07 Å². The van der Waals surface area contributed by atoms with Crippen molar-refractivity contribution in [2.24, 2.45) is 0 Å². The molecule has 0 saturated heterocycles. The Hall–Kier alpha value is -1.07. The van der Waals surface area contributed by atoms with E-state index in [2.05, 4.69) is 37.9 Å². The van der Waals surface area contributed by atoms with Gasteiger partial charge < -0.3 is 9.47 Å². The molecule has 2 aromatic rings. The zero-order valence-corrected chi connectivity index (χ0v) is 14.4. The van der Waals surface area contributed by atoms with Crippen molar-refractivity contribution in [1.29, 1.82) is 0 Å². The Kier molecular flexibility index (Phi) is 4.22. The number of alkyl halides is 1. The monoisotopic (exact) mass is 414 g/mol. The first-order chi connectivity index (χ1) is 10.1. The number of para-hydroxylation sites is 1. The minimum absolute atomic E-state index is 0.0204. The van der Waals surface area contributed by atoms with E-state index >= 15 is 0 Å². The third-order valence-electron chi connectivity index (χ3n) is 3.66. The Labute approximate surface area is 139 Å². The van der Waals surface area contributed by atoms with Crippen molar-refractivity contribution >= 4 is 31.9 Å². The Morgan fingerprint density at radius 2 is 2.10 bits per heavy atom. The van der Waals surface area contributed by atoms with Crippen LogP contribution in [-0.2, 0) is 0 Å². The summed E-state index contributed by atoms with van der Waals surface area (Å²) in [6, 6.07) is 11.1. The number of methoxy groups -OCH3 is 1. The molecular weight excluding hydrogens is 403 g/mol. The molecule has 0 aromatic heterocycles. The molecule has 0 amide bonds. The predicted octanol–water partition coefficient (Wildman–Crippen LogP) is 5.21. The van der Waals surface area contributed by atoms with Gasteiger partial charge in [0.2, 0.25) is 0 Å². The molecular formula is C16H13Br2FO2. The zero-order valence-electron chi connectivity index (χ0n) is 11.3. The topological polar surface area (TPSA) is 18.5 Å². The average Bonchev–Trinajstić information content (AvgIpc) is 2.92. The van der Waals surface area contributed by atoms with Crippen LogP contribution in [0.4, 0.5) is 4.39 Å². The molecule has 0 bridgehead atoms. The van der Waals surface area contributed by atoms with Gasteiger partial charge in [0, 0.05) is 23.1 Å². The molecule has 2 nitrogen and oxygen atoms in total. The number of hydrogen-bond acceptors (Lipinski definition) is 2.